The maximum Gasteiger partial charge on any atom is 0.248 e. The average Bonchev–Trinajstić information content (AvgIpc) is 2.98. The average molecular weight is 270 g/mol. The van der Waals surface area contributed by atoms with Gasteiger partial charge in [0.25, 0.3) is 0 Å². The Morgan fingerprint density at radius 1 is 1.39 bits per heavy atom. The lowest BCUT2D eigenvalue weighted by Crippen LogP contribution is -2.14. The van der Waals surface area contributed by atoms with E-state index in [2.05, 4.69) is 4.72 Å². The molecule has 1 aromatic rings. The minimum Gasteiger partial charge on any atom is -0.490 e. The number of rotatable bonds is 5. The number of nitrogens with two attached hydrogens (primary N) is 1. The predicted molar refractivity (Wildman–Crippen MR) is 67.1 cm³/mol. The third kappa shape index (κ3) is 3.63. The number of carbonyl (C=O) groups is 1. The summed E-state index contributed by atoms with van der Waals surface area (Å²) >= 11 is 0. The van der Waals surface area contributed by atoms with Crippen molar-refractivity contribution < 1.29 is 17.9 Å². The number of sulfonamides is 1. The lowest BCUT2D eigenvalue weighted by Gasteiger charge is -2.10. The summed E-state index contributed by atoms with van der Waals surface area (Å²) in [6.07, 6.45) is 3.12. The summed E-state index contributed by atoms with van der Waals surface area (Å²) in [4.78, 5) is 11.2. The van der Waals surface area contributed by atoms with E-state index < -0.39 is 15.9 Å². The van der Waals surface area contributed by atoms with Gasteiger partial charge in [0, 0.05) is 11.6 Å². The Hall–Kier alpha value is -1.76. The Morgan fingerprint density at radius 2 is 2.06 bits per heavy atom. The molecular weight excluding hydrogens is 256 g/mol. The molecule has 0 radical (unpaired) electrons. The fourth-order valence-corrected chi connectivity index (χ4v) is 2.01. The molecule has 0 spiro atoms. The van der Waals surface area contributed by atoms with E-state index in [4.69, 9.17) is 10.5 Å². The molecule has 0 bridgehead atoms. The van der Waals surface area contributed by atoms with Crippen molar-refractivity contribution in [3.8, 4) is 5.75 Å². The van der Waals surface area contributed by atoms with Crippen LogP contribution in [0.15, 0.2) is 18.2 Å². The molecule has 3 N–H and O–H groups in total. The zero-order chi connectivity index (χ0) is 13.3. The number of benzene rings is 1. The molecule has 0 aromatic heterocycles. The quantitative estimate of drug-likeness (QED) is 0.822. The zero-order valence-corrected chi connectivity index (χ0v) is 10.7. The first kappa shape index (κ1) is 12.7. The van der Waals surface area contributed by atoms with Crippen molar-refractivity contribution in [1.82, 2.24) is 0 Å². The van der Waals surface area contributed by atoms with Gasteiger partial charge in [0.1, 0.15) is 5.75 Å². The summed E-state index contributed by atoms with van der Waals surface area (Å²) in [6, 6.07) is 4.42. The molecule has 7 heteroatoms. The van der Waals surface area contributed by atoms with Crippen LogP contribution in [0.2, 0.25) is 0 Å². The summed E-state index contributed by atoms with van der Waals surface area (Å²) in [6.45, 7) is 0. The van der Waals surface area contributed by atoms with Gasteiger partial charge in [-0.3, -0.25) is 9.52 Å². The number of nitrogens with one attached hydrogen (secondary N) is 1. The Bertz CT molecular complexity index is 579. The normalized spacial score (nSPS) is 15.2. The highest BCUT2D eigenvalue weighted by Gasteiger charge is 2.24. The second-order valence-corrected chi connectivity index (χ2v) is 6.05. The number of carbonyl (C=O) groups excluding carboxylic acids is 1. The van der Waals surface area contributed by atoms with Crippen LogP contribution in [-0.2, 0) is 10.0 Å². The monoisotopic (exact) mass is 270 g/mol. The molecule has 0 unspecified atom stereocenters. The van der Waals surface area contributed by atoms with Gasteiger partial charge >= 0.3 is 0 Å². The van der Waals surface area contributed by atoms with Crippen LogP contribution in [0.5, 0.6) is 5.75 Å². The molecule has 0 aliphatic heterocycles. The number of ether oxygens (including phenoxy) is 1. The number of anilines is 1. The van der Waals surface area contributed by atoms with E-state index in [-0.39, 0.29) is 17.4 Å². The fourth-order valence-electron chi connectivity index (χ4n) is 1.46. The molecule has 1 aliphatic carbocycles. The van der Waals surface area contributed by atoms with E-state index in [1.165, 1.54) is 18.2 Å². The first-order valence-electron chi connectivity index (χ1n) is 5.43. The molecule has 1 aromatic carbocycles. The van der Waals surface area contributed by atoms with E-state index >= 15 is 0 Å². The van der Waals surface area contributed by atoms with Gasteiger partial charge < -0.3 is 10.5 Å². The number of amides is 1. The zero-order valence-electron chi connectivity index (χ0n) is 9.84. The van der Waals surface area contributed by atoms with E-state index in [0.29, 0.717) is 5.75 Å². The van der Waals surface area contributed by atoms with Crippen molar-refractivity contribution in [2.75, 3.05) is 11.0 Å². The van der Waals surface area contributed by atoms with Gasteiger partial charge in [-0.15, -0.1) is 0 Å². The largest absolute Gasteiger partial charge is 0.490 e. The van der Waals surface area contributed by atoms with Gasteiger partial charge in [-0.1, -0.05) is 0 Å². The Morgan fingerprint density at radius 3 is 2.56 bits per heavy atom. The van der Waals surface area contributed by atoms with E-state index in [1.807, 2.05) is 0 Å². The molecule has 0 saturated heterocycles. The number of primary amides is 1. The molecule has 1 aliphatic rings. The van der Waals surface area contributed by atoms with Crippen molar-refractivity contribution >= 4 is 21.6 Å². The van der Waals surface area contributed by atoms with Crippen molar-refractivity contribution in [3.05, 3.63) is 23.8 Å². The lowest BCUT2D eigenvalue weighted by molar-refractivity contribution is 0.1000. The van der Waals surface area contributed by atoms with Crippen molar-refractivity contribution in [2.45, 2.75) is 18.9 Å². The molecule has 2 rings (SSSR count). The standard InChI is InChI=1S/C11H14N2O4S/c1-18(15,16)13-8-4-7(11(12)14)5-10(6-8)17-9-2-3-9/h4-6,9,13H,2-3H2,1H3,(H2,12,14). The molecule has 98 valence electrons. The summed E-state index contributed by atoms with van der Waals surface area (Å²) in [5.74, 6) is -0.187. The molecule has 0 heterocycles. The molecule has 0 atom stereocenters. The molecule has 6 nitrogen and oxygen atoms in total. The molecule has 1 saturated carbocycles. The summed E-state index contributed by atoms with van der Waals surface area (Å²) in [7, 11) is -3.41. The van der Waals surface area contributed by atoms with Gasteiger partial charge in [-0.05, 0) is 25.0 Å². The number of hydrogen-bond acceptors (Lipinski definition) is 4. The summed E-state index contributed by atoms with van der Waals surface area (Å²) in [5.41, 5.74) is 5.67. The molecule has 18 heavy (non-hydrogen) atoms. The lowest BCUT2D eigenvalue weighted by atomic mass is 10.2. The summed E-state index contributed by atoms with van der Waals surface area (Å²) < 4.78 is 30.1. The summed E-state index contributed by atoms with van der Waals surface area (Å²) in [5, 5.41) is 0. The first-order valence-corrected chi connectivity index (χ1v) is 7.32. The van der Waals surface area contributed by atoms with Crippen LogP contribution < -0.4 is 15.2 Å². The highest BCUT2D eigenvalue weighted by molar-refractivity contribution is 7.92. The maximum absolute atomic E-state index is 11.2. The van der Waals surface area contributed by atoms with Gasteiger partial charge in [0.2, 0.25) is 15.9 Å². The minimum absolute atomic E-state index is 0.152. The van der Waals surface area contributed by atoms with Gasteiger partial charge in [-0.2, -0.15) is 0 Å². The Kier molecular flexibility index (Phi) is 3.16. The second-order valence-electron chi connectivity index (χ2n) is 4.30. The van der Waals surface area contributed by atoms with Crippen molar-refractivity contribution in [1.29, 1.82) is 0 Å². The minimum atomic E-state index is -3.41. The van der Waals surface area contributed by atoms with Crippen molar-refractivity contribution in [2.24, 2.45) is 5.73 Å². The third-order valence-electron chi connectivity index (χ3n) is 2.32. The van der Waals surface area contributed by atoms with E-state index in [9.17, 15) is 13.2 Å². The van der Waals surface area contributed by atoms with Crippen molar-refractivity contribution in [3.63, 3.8) is 0 Å². The van der Waals surface area contributed by atoms with Crippen LogP contribution in [0.4, 0.5) is 5.69 Å². The fraction of sp³-hybridized carbons (Fsp3) is 0.364. The van der Waals surface area contributed by atoms with Crippen LogP contribution in [0, 0.1) is 0 Å². The van der Waals surface area contributed by atoms with E-state index in [0.717, 1.165) is 19.1 Å². The molecular formula is C11H14N2O4S. The maximum atomic E-state index is 11.2. The highest BCUT2D eigenvalue weighted by atomic mass is 32.2. The molecule has 1 amide bonds. The Balaban J connectivity index is 2.32. The van der Waals surface area contributed by atoms with Crippen LogP contribution in [0.1, 0.15) is 23.2 Å². The van der Waals surface area contributed by atoms with Crippen LogP contribution >= 0.6 is 0 Å². The smallest absolute Gasteiger partial charge is 0.248 e. The topological polar surface area (TPSA) is 98.5 Å². The van der Waals surface area contributed by atoms with Gasteiger partial charge in [0.05, 0.1) is 18.0 Å². The van der Waals surface area contributed by atoms with Gasteiger partial charge in [-0.25, -0.2) is 8.42 Å². The number of hydrogen-bond donors (Lipinski definition) is 2. The Labute approximate surface area is 105 Å². The SMILES string of the molecule is CS(=O)(=O)Nc1cc(OC2CC2)cc(C(N)=O)c1. The highest BCUT2D eigenvalue weighted by Crippen LogP contribution is 2.29. The van der Waals surface area contributed by atoms with E-state index in [1.54, 1.807) is 0 Å². The van der Waals surface area contributed by atoms with Crippen LogP contribution in [0.3, 0.4) is 0 Å². The predicted octanol–water partition coefficient (Wildman–Crippen LogP) is 0.698. The van der Waals surface area contributed by atoms with Crippen LogP contribution in [0.25, 0.3) is 0 Å². The third-order valence-corrected chi connectivity index (χ3v) is 2.93. The van der Waals surface area contributed by atoms with Crippen LogP contribution in [-0.4, -0.2) is 26.7 Å². The molecule has 1 fully saturated rings. The van der Waals surface area contributed by atoms with Gasteiger partial charge in [0.15, 0.2) is 0 Å². The first-order chi connectivity index (χ1) is 8.33. The second kappa shape index (κ2) is 4.49.